The molecule has 1 saturated heterocycles. The van der Waals surface area contributed by atoms with Crippen molar-refractivity contribution in [3.05, 3.63) is 47.7 Å². The summed E-state index contributed by atoms with van der Waals surface area (Å²) in [4.78, 5) is 27.4. The molecule has 5 heterocycles. The quantitative estimate of drug-likeness (QED) is 0.421. The van der Waals surface area contributed by atoms with Gasteiger partial charge in [-0.25, -0.2) is 9.37 Å². The largest absolute Gasteiger partial charge is 0.486 e. The van der Waals surface area contributed by atoms with Crippen molar-refractivity contribution in [1.29, 1.82) is 0 Å². The topological polar surface area (TPSA) is 125 Å². The van der Waals surface area contributed by atoms with Crippen LogP contribution in [0.3, 0.4) is 0 Å². The third-order valence-electron chi connectivity index (χ3n) is 6.72. The van der Waals surface area contributed by atoms with Crippen molar-refractivity contribution in [2.75, 3.05) is 40.0 Å². The molecule has 13 heteroatoms. The Balaban J connectivity index is 0.00000200. The average Bonchev–Trinajstić information content (AvgIpc) is 2.91. The van der Waals surface area contributed by atoms with Gasteiger partial charge in [0, 0.05) is 43.4 Å². The number of ether oxygens (including phenoxy) is 3. The Labute approximate surface area is 232 Å². The van der Waals surface area contributed by atoms with Crippen LogP contribution in [-0.2, 0) is 17.8 Å². The molecule has 2 aliphatic rings. The number of hydrogen-bond acceptors (Lipinski definition) is 9. The predicted molar refractivity (Wildman–Crippen MR) is 144 cm³/mol. The molecule has 5 rings (SSSR count). The molecule has 2 atom stereocenters. The van der Waals surface area contributed by atoms with Gasteiger partial charge >= 0.3 is 0 Å². The van der Waals surface area contributed by atoms with Crippen LogP contribution in [0.15, 0.2) is 30.6 Å². The summed E-state index contributed by atoms with van der Waals surface area (Å²) in [5, 5.41) is 3.44. The van der Waals surface area contributed by atoms with E-state index in [4.69, 9.17) is 19.9 Å². The lowest BCUT2D eigenvalue weighted by Gasteiger charge is -2.37. The summed E-state index contributed by atoms with van der Waals surface area (Å²) < 4.78 is 31.0. The van der Waals surface area contributed by atoms with Crippen LogP contribution in [0.2, 0.25) is 0 Å². The van der Waals surface area contributed by atoms with Crippen molar-refractivity contribution in [2.24, 2.45) is 11.7 Å². The minimum atomic E-state index is -0.404. The maximum absolute atomic E-state index is 14.7. The molecule has 10 nitrogen and oxygen atoms in total. The van der Waals surface area contributed by atoms with Crippen molar-refractivity contribution >= 4 is 41.8 Å². The number of nitrogens with two attached hydrogens (primary N) is 1. The minimum Gasteiger partial charge on any atom is -0.486 e. The number of nitrogens with one attached hydrogen (secondary N) is 1. The zero-order valence-corrected chi connectivity index (χ0v) is 22.5. The van der Waals surface area contributed by atoms with E-state index in [1.165, 1.54) is 13.3 Å². The fourth-order valence-electron chi connectivity index (χ4n) is 4.78. The van der Waals surface area contributed by atoms with Crippen LogP contribution in [0.4, 0.5) is 4.39 Å². The number of nitrogens with zero attached hydrogens (tertiary/aromatic N) is 4. The summed E-state index contributed by atoms with van der Waals surface area (Å²) in [6.45, 7) is 3.30. The summed E-state index contributed by atoms with van der Waals surface area (Å²) in [5.41, 5.74) is 8.15. The highest BCUT2D eigenvalue weighted by Gasteiger charge is 2.33. The molecule has 0 unspecified atom stereocenters. The number of pyridine rings is 3. The second-order valence-corrected chi connectivity index (χ2v) is 8.96. The first-order valence-electron chi connectivity index (χ1n) is 12.0. The number of rotatable bonds is 8. The number of methoxy groups -OCH3 is 1. The van der Waals surface area contributed by atoms with Crippen LogP contribution >= 0.6 is 24.8 Å². The number of likely N-dealkylation sites (tertiary alicyclic amines) is 1. The third kappa shape index (κ3) is 6.52. The Morgan fingerprint density at radius 3 is 2.76 bits per heavy atom. The molecule has 0 saturated carbocycles. The van der Waals surface area contributed by atoms with E-state index >= 15 is 0 Å². The van der Waals surface area contributed by atoms with E-state index in [2.05, 4.69) is 25.2 Å². The second-order valence-electron chi connectivity index (χ2n) is 8.96. The van der Waals surface area contributed by atoms with Crippen LogP contribution in [0.5, 0.6) is 17.4 Å². The maximum atomic E-state index is 14.7. The van der Waals surface area contributed by atoms with Gasteiger partial charge in [0.25, 0.3) is 0 Å². The Morgan fingerprint density at radius 2 is 2.00 bits per heavy atom. The van der Waals surface area contributed by atoms with Crippen molar-refractivity contribution in [1.82, 2.24) is 25.2 Å². The zero-order valence-electron chi connectivity index (χ0n) is 20.9. The highest BCUT2D eigenvalue weighted by atomic mass is 35.5. The molecule has 1 amide bonds. The van der Waals surface area contributed by atoms with Gasteiger partial charge in [-0.15, -0.1) is 24.8 Å². The summed E-state index contributed by atoms with van der Waals surface area (Å²) in [7, 11) is 1.52. The smallest absolute Gasteiger partial charge is 0.223 e. The Hall–Kier alpha value is -2.99. The van der Waals surface area contributed by atoms with E-state index in [1.807, 2.05) is 6.07 Å². The molecule has 0 radical (unpaired) electrons. The molecule has 1 fully saturated rings. The van der Waals surface area contributed by atoms with Gasteiger partial charge in [-0.1, -0.05) is 0 Å². The molecular weight excluding hydrogens is 538 g/mol. The number of amides is 1. The molecule has 3 aromatic rings. The number of hydrogen-bond donors (Lipinski definition) is 2. The highest BCUT2D eigenvalue weighted by molar-refractivity contribution is 5.85. The first kappa shape index (κ1) is 29.6. The Morgan fingerprint density at radius 1 is 1.21 bits per heavy atom. The molecule has 38 heavy (non-hydrogen) atoms. The van der Waals surface area contributed by atoms with Gasteiger partial charge in [0.1, 0.15) is 19.0 Å². The third-order valence-corrected chi connectivity index (χ3v) is 6.72. The lowest BCUT2D eigenvalue weighted by Crippen LogP contribution is -2.54. The SMILES string of the molecule is COc1ccc2ncc(F)c(CCN3CC[C@@H](NCc4cc5c(cn4)OCCO5)[C@@H](C(N)=O)C3)c2n1.Cl.Cl. The second kappa shape index (κ2) is 13.2. The molecule has 206 valence electrons. The number of fused-ring (bicyclic) bond motifs is 2. The monoisotopic (exact) mass is 568 g/mol. The molecule has 0 aromatic carbocycles. The van der Waals surface area contributed by atoms with E-state index in [9.17, 15) is 9.18 Å². The molecule has 2 aliphatic heterocycles. The molecule has 3 aromatic heterocycles. The molecule has 3 N–H and O–H groups in total. The average molecular weight is 569 g/mol. The fraction of sp³-hybridized carbons (Fsp3) is 0.440. The van der Waals surface area contributed by atoms with Gasteiger partial charge in [0.05, 0.1) is 42.1 Å². The summed E-state index contributed by atoms with van der Waals surface area (Å²) in [6, 6.07) is 5.23. The number of aromatic nitrogens is 3. The summed E-state index contributed by atoms with van der Waals surface area (Å²) in [6.07, 6.45) is 4.03. The van der Waals surface area contributed by atoms with Gasteiger partial charge in [0.2, 0.25) is 11.8 Å². The first-order chi connectivity index (χ1) is 17.5. The standard InChI is InChI=1S/C25H29FN6O4.2ClH/c1-34-23-3-2-20-24(31-23)16(18(26)12-30-20)4-6-32-7-5-19(17(14-32)25(27)33)29-11-15-10-21-22(13-28-15)36-9-8-35-21;;/h2-3,10,12-13,17,19,29H,4-9,11,14H2,1H3,(H2,27,33);2*1H/t17-,19+;;/m0../s1. The number of piperidine rings is 1. The van der Waals surface area contributed by atoms with Crippen LogP contribution < -0.4 is 25.3 Å². The van der Waals surface area contributed by atoms with Gasteiger partial charge in [-0.2, -0.15) is 0 Å². The van der Waals surface area contributed by atoms with Gasteiger partial charge in [0.15, 0.2) is 11.5 Å². The summed E-state index contributed by atoms with van der Waals surface area (Å²) >= 11 is 0. The normalized spacial score (nSPS) is 18.8. The Bertz CT molecular complexity index is 1270. The molecular formula is C25H31Cl2FN6O4. The number of primary amides is 1. The van der Waals surface area contributed by atoms with Crippen molar-refractivity contribution in [3.8, 4) is 17.4 Å². The van der Waals surface area contributed by atoms with Gasteiger partial charge in [-0.3, -0.25) is 14.8 Å². The maximum Gasteiger partial charge on any atom is 0.223 e. The number of carbonyl (C=O) groups excluding carboxylic acids is 1. The van der Waals surface area contributed by atoms with E-state index in [-0.39, 0.29) is 42.7 Å². The number of carbonyl (C=O) groups is 1. The van der Waals surface area contributed by atoms with E-state index in [0.717, 1.165) is 18.7 Å². The molecule has 0 bridgehead atoms. The number of halogens is 3. The Kier molecular flexibility index (Phi) is 10.3. The molecule has 0 spiro atoms. The lowest BCUT2D eigenvalue weighted by molar-refractivity contribution is -0.124. The zero-order chi connectivity index (χ0) is 25.1. The van der Waals surface area contributed by atoms with Crippen molar-refractivity contribution < 1.29 is 23.4 Å². The summed E-state index contributed by atoms with van der Waals surface area (Å²) in [5.74, 6) is 0.577. The van der Waals surface area contributed by atoms with Crippen molar-refractivity contribution in [3.63, 3.8) is 0 Å². The van der Waals surface area contributed by atoms with Crippen LogP contribution in [-0.4, -0.2) is 71.8 Å². The highest BCUT2D eigenvalue weighted by Crippen LogP contribution is 2.29. The van der Waals surface area contributed by atoms with Crippen LogP contribution in [0.1, 0.15) is 17.7 Å². The van der Waals surface area contributed by atoms with Crippen LogP contribution in [0, 0.1) is 11.7 Å². The molecule has 0 aliphatic carbocycles. The van der Waals surface area contributed by atoms with Gasteiger partial charge < -0.3 is 30.2 Å². The van der Waals surface area contributed by atoms with Crippen molar-refractivity contribution in [2.45, 2.75) is 25.4 Å². The lowest BCUT2D eigenvalue weighted by atomic mass is 9.91. The van der Waals surface area contributed by atoms with Gasteiger partial charge in [-0.05, 0) is 25.5 Å². The van der Waals surface area contributed by atoms with E-state index in [0.29, 0.717) is 73.2 Å². The van der Waals surface area contributed by atoms with E-state index < -0.39 is 5.82 Å². The van der Waals surface area contributed by atoms with Crippen LogP contribution in [0.25, 0.3) is 11.0 Å². The fourth-order valence-corrected chi connectivity index (χ4v) is 4.78. The predicted octanol–water partition coefficient (Wildman–Crippen LogP) is 2.30. The van der Waals surface area contributed by atoms with E-state index in [1.54, 1.807) is 18.3 Å². The first-order valence-corrected chi connectivity index (χ1v) is 12.0. The minimum absolute atomic E-state index is 0.